The van der Waals surface area contributed by atoms with Gasteiger partial charge in [-0.05, 0) is 101 Å². The van der Waals surface area contributed by atoms with E-state index < -0.39 is 24.2 Å². The highest BCUT2D eigenvalue weighted by atomic mass is 16.2. The maximum atomic E-state index is 13.8. The second kappa shape index (κ2) is 16.8. The lowest BCUT2D eigenvalue weighted by Gasteiger charge is -2.31. The zero-order valence-corrected chi connectivity index (χ0v) is 32.7. The molecule has 0 radical (unpaired) electrons. The first kappa shape index (κ1) is 39.0. The molecule has 2 fully saturated rings. The number of nitrogens with zero attached hydrogens (tertiary/aromatic N) is 5. The Hall–Kier alpha value is -6.29. The Morgan fingerprint density at radius 1 is 0.684 bits per heavy atom. The van der Waals surface area contributed by atoms with Gasteiger partial charge in [-0.2, -0.15) is 5.26 Å². The first-order chi connectivity index (χ1) is 27.5. The number of benzene rings is 4. The Morgan fingerprint density at radius 2 is 1.16 bits per heavy atom. The number of nitriles is 1. The predicted octanol–water partition coefficient (Wildman–Crippen LogP) is 6.17. The SMILES string of the molecule is CN(C)[C@H](C(=O)N1CCCC1C(=O)Nc1ccc2[nH]c(-c3ccc(NC(=O)[C@@H]4CCCN4C(=O)[C@@H](c4ccccc4)N(C)C)cc3)c(C#N)c2c1)c1ccccc1. The molecule has 7 rings (SSSR count). The van der Waals surface area contributed by atoms with Crippen molar-refractivity contribution < 1.29 is 19.2 Å². The molecule has 4 atom stereocenters. The van der Waals surface area contributed by atoms with E-state index in [2.05, 4.69) is 21.7 Å². The number of hydrogen-bond donors (Lipinski definition) is 3. The van der Waals surface area contributed by atoms with Crippen molar-refractivity contribution in [3.8, 4) is 17.3 Å². The average Bonchev–Trinajstić information content (AvgIpc) is 3.98. The predicted molar refractivity (Wildman–Crippen MR) is 221 cm³/mol. The summed E-state index contributed by atoms with van der Waals surface area (Å²) < 4.78 is 0. The van der Waals surface area contributed by atoms with Crippen molar-refractivity contribution in [2.24, 2.45) is 0 Å². The molecule has 1 aromatic heterocycles. The third-order valence-corrected chi connectivity index (χ3v) is 11.0. The van der Waals surface area contributed by atoms with Crippen molar-refractivity contribution in [2.75, 3.05) is 51.9 Å². The van der Waals surface area contributed by atoms with Crippen molar-refractivity contribution in [1.82, 2.24) is 24.6 Å². The number of fused-ring (bicyclic) bond motifs is 1. The van der Waals surface area contributed by atoms with Gasteiger partial charge in [-0.1, -0.05) is 72.8 Å². The molecule has 57 heavy (non-hydrogen) atoms. The summed E-state index contributed by atoms with van der Waals surface area (Å²) in [6.45, 7) is 1.01. The van der Waals surface area contributed by atoms with Crippen LogP contribution in [-0.4, -0.2) is 102 Å². The number of likely N-dealkylation sites (tertiary alicyclic amines) is 2. The van der Waals surface area contributed by atoms with Gasteiger partial charge in [0.25, 0.3) is 0 Å². The second-order valence-electron chi connectivity index (χ2n) is 15.2. The third kappa shape index (κ3) is 8.03. The summed E-state index contributed by atoms with van der Waals surface area (Å²) in [7, 11) is 7.46. The molecule has 0 spiro atoms. The van der Waals surface area contributed by atoms with Crippen LogP contribution in [0, 0.1) is 11.3 Å². The Balaban J connectivity index is 1.03. The monoisotopic (exact) mass is 764 g/mol. The number of amides is 4. The lowest BCUT2D eigenvalue weighted by Crippen LogP contribution is -2.47. The van der Waals surface area contributed by atoms with E-state index in [0.717, 1.165) is 35.0 Å². The largest absolute Gasteiger partial charge is 0.353 e. The number of H-pyrrole nitrogens is 1. The van der Waals surface area contributed by atoms with Crippen LogP contribution in [0.15, 0.2) is 103 Å². The van der Waals surface area contributed by atoms with E-state index in [1.165, 1.54) is 0 Å². The molecule has 3 heterocycles. The normalized spacial score (nSPS) is 17.8. The summed E-state index contributed by atoms with van der Waals surface area (Å²) in [6.07, 6.45) is 2.61. The van der Waals surface area contributed by atoms with Gasteiger partial charge in [-0.25, -0.2) is 0 Å². The standard InChI is InChI=1S/C45H48N8O4/c1-50(2)40(30-13-7-5-8-14-30)44(56)52-25-11-17-37(52)42(54)47-32-21-19-29(20-22-32)39-35(28-46)34-27-33(23-24-36(34)49-39)48-43(55)38-18-12-26-53(38)45(57)41(51(3)4)31-15-9-6-10-16-31/h5-10,13-16,19-24,27,37-38,40-41,49H,11-12,17-18,25-26H2,1-4H3,(H,47,54)(H,48,55)/t37-,38?,40+,41-/m0/s1. The second-order valence-corrected chi connectivity index (χ2v) is 15.2. The maximum Gasteiger partial charge on any atom is 0.247 e. The molecular weight excluding hydrogens is 717 g/mol. The highest BCUT2D eigenvalue weighted by Crippen LogP contribution is 2.34. The van der Waals surface area contributed by atoms with Gasteiger partial charge in [0.15, 0.2) is 0 Å². The van der Waals surface area contributed by atoms with Crippen LogP contribution in [0.2, 0.25) is 0 Å². The fourth-order valence-electron chi connectivity index (χ4n) is 8.29. The van der Waals surface area contributed by atoms with Gasteiger partial charge in [0.05, 0.1) is 11.3 Å². The molecule has 3 N–H and O–H groups in total. The molecule has 292 valence electrons. The van der Waals surface area contributed by atoms with Crippen LogP contribution >= 0.6 is 0 Å². The molecule has 2 aliphatic rings. The lowest BCUT2D eigenvalue weighted by atomic mass is 10.0. The molecule has 0 bridgehead atoms. The topological polar surface area (TPSA) is 145 Å². The molecular formula is C45H48N8O4. The van der Waals surface area contributed by atoms with Gasteiger partial charge < -0.3 is 25.4 Å². The van der Waals surface area contributed by atoms with Crippen molar-refractivity contribution in [3.05, 3.63) is 120 Å². The number of likely N-dealkylation sites (N-methyl/N-ethyl adjacent to an activating group) is 2. The van der Waals surface area contributed by atoms with E-state index in [-0.39, 0.29) is 23.6 Å². The maximum absolute atomic E-state index is 13.8. The number of hydrogen-bond acceptors (Lipinski definition) is 7. The lowest BCUT2D eigenvalue weighted by molar-refractivity contribution is -0.141. The highest BCUT2D eigenvalue weighted by molar-refractivity contribution is 6.02. The van der Waals surface area contributed by atoms with Crippen molar-refractivity contribution in [3.63, 3.8) is 0 Å². The summed E-state index contributed by atoms with van der Waals surface area (Å²) in [4.78, 5) is 65.4. The summed E-state index contributed by atoms with van der Waals surface area (Å²) in [5.41, 5.74) is 5.36. The number of anilines is 2. The number of carbonyl (C=O) groups excluding carboxylic acids is 4. The number of aromatic amines is 1. The van der Waals surface area contributed by atoms with Crippen LogP contribution in [0.1, 0.15) is 54.5 Å². The van der Waals surface area contributed by atoms with Crippen molar-refractivity contribution in [2.45, 2.75) is 49.9 Å². The molecule has 12 nitrogen and oxygen atoms in total. The first-order valence-electron chi connectivity index (χ1n) is 19.4. The molecule has 5 aromatic rings. The zero-order chi connectivity index (χ0) is 40.2. The molecule has 0 aliphatic carbocycles. The molecule has 2 saturated heterocycles. The fraction of sp³-hybridized carbons (Fsp3) is 0.311. The molecule has 12 heteroatoms. The van der Waals surface area contributed by atoms with Gasteiger partial charge in [-0.15, -0.1) is 0 Å². The van der Waals surface area contributed by atoms with Crippen LogP contribution in [0.4, 0.5) is 11.4 Å². The minimum absolute atomic E-state index is 0.0997. The summed E-state index contributed by atoms with van der Waals surface area (Å²) >= 11 is 0. The minimum atomic E-state index is -0.614. The zero-order valence-electron chi connectivity index (χ0n) is 32.7. The smallest absolute Gasteiger partial charge is 0.247 e. The van der Waals surface area contributed by atoms with E-state index in [1.54, 1.807) is 34.1 Å². The van der Waals surface area contributed by atoms with Gasteiger partial charge in [0.1, 0.15) is 30.2 Å². The van der Waals surface area contributed by atoms with Crippen LogP contribution in [0.25, 0.3) is 22.2 Å². The van der Waals surface area contributed by atoms with Crippen LogP contribution in [0.5, 0.6) is 0 Å². The van der Waals surface area contributed by atoms with Gasteiger partial charge in [-0.3, -0.25) is 29.0 Å². The molecule has 2 aliphatic heterocycles. The Morgan fingerprint density at radius 3 is 1.63 bits per heavy atom. The van der Waals surface area contributed by atoms with Crippen molar-refractivity contribution in [1.29, 1.82) is 5.26 Å². The van der Waals surface area contributed by atoms with Crippen LogP contribution < -0.4 is 10.6 Å². The van der Waals surface area contributed by atoms with E-state index in [4.69, 9.17) is 0 Å². The first-order valence-corrected chi connectivity index (χ1v) is 19.4. The van der Waals surface area contributed by atoms with E-state index in [0.29, 0.717) is 53.9 Å². The number of nitrogens with one attached hydrogen (secondary N) is 3. The Bertz CT molecular complexity index is 2300. The molecule has 0 saturated carbocycles. The van der Waals surface area contributed by atoms with Gasteiger partial charge >= 0.3 is 0 Å². The molecule has 1 unspecified atom stereocenters. The van der Waals surface area contributed by atoms with Crippen LogP contribution in [0.3, 0.4) is 0 Å². The Labute approximate surface area is 333 Å². The minimum Gasteiger partial charge on any atom is -0.353 e. The van der Waals surface area contributed by atoms with E-state index in [1.807, 2.05) is 117 Å². The van der Waals surface area contributed by atoms with E-state index in [9.17, 15) is 24.4 Å². The summed E-state index contributed by atoms with van der Waals surface area (Å²) in [6, 6.07) is 31.9. The number of rotatable bonds is 11. The highest BCUT2D eigenvalue weighted by Gasteiger charge is 2.40. The van der Waals surface area contributed by atoms with Crippen LogP contribution in [-0.2, 0) is 19.2 Å². The summed E-state index contributed by atoms with van der Waals surface area (Å²) in [5, 5.41) is 17.0. The summed E-state index contributed by atoms with van der Waals surface area (Å²) in [5.74, 6) is -0.718. The number of carbonyl (C=O) groups is 4. The van der Waals surface area contributed by atoms with Gasteiger partial charge in [0, 0.05) is 35.4 Å². The van der Waals surface area contributed by atoms with Gasteiger partial charge in [0.2, 0.25) is 23.6 Å². The Kier molecular flexibility index (Phi) is 11.5. The quantitative estimate of drug-likeness (QED) is 0.146. The average molecular weight is 765 g/mol. The third-order valence-electron chi connectivity index (χ3n) is 11.0. The van der Waals surface area contributed by atoms with Crippen molar-refractivity contribution >= 4 is 45.9 Å². The molecule has 4 amide bonds. The number of aromatic nitrogens is 1. The fourth-order valence-corrected chi connectivity index (χ4v) is 8.29. The molecule has 4 aromatic carbocycles. The van der Waals surface area contributed by atoms with E-state index >= 15 is 0 Å².